The van der Waals surface area contributed by atoms with E-state index in [0.717, 1.165) is 26.2 Å². The molecule has 0 amide bonds. The van der Waals surface area contributed by atoms with E-state index >= 15 is 0 Å². The lowest BCUT2D eigenvalue weighted by Crippen LogP contribution is -3.05. The Labute approximate surface area is 258 Å². The third-order valence-electron chi connectivity index (χ3n) is 7.36. The van der Waals surface area contributed by atoms with Crippen LogP contribution in [0.1, 0.15) is 115 Å². The van der Waals surface area contributed by atoms with Crippen molar-refractivity contribution in [1.29, 1.82) is 0 Å². The molecule has 1 aromatic rings. The van der Waals surface area contributed by atoms with E-state index in [1.54, 1.807) is 0 Å². The fraction of sp³-hybridized carbons (Fsp3) is 0.758. The number of hydrogen-bond acceptors (Lipinski definition) is 4. The highest BCUT2D eigenvalue weighted by Gasteiger charge is 2.14. The Hall–Kier alpha value is -0.670. The van der Waals surface area contributed by atoms with Gasteiger partial charge in [-0.3, -0.25) is 4.90 Å². The normalized spacial score (nSPS) is 15.6. The lowest BCUT2D eigenvalue weighted by molar-refractivity contribution is -0.863. The molecule has 6 heteroatoms. The van der Waals surface area contributed by atoms with Crippen LogP contribution in [0.5, 0.6) is 0 Å². The molecule has 0 bridgehead atoms. The van der Waals surface area contributed by atoms with Gasteiger partial charge in [-0.05, 0) is 25.0 Å². The average Bonchev–Trinajstić information content (AvgIpc) is 3.32. The summed E-state index contributed by atoms with van der Waals surface area (Å²) in [7, 11) is 2.12. The van der Waals surface area contributed by atoms with Crippen LogP contribution in [0.4, 0.5) is 0 Å². The summed E-state index contributed by atoms with van der Waals surface area (Å²) in [5.41, 5.74) is 2.57. The minimum Gasteiger partial charge on any atom is -1.00 e. The zero-order valence-corrected chi connectivity index (χ0v) is 27.6. The minimum atomic E-state index is 0. The number of nitrogens with one attached hydrogen (secondary N) is 1. The van der Waals surface area contributed by atoms with Gasteiger partial charge in [0.25, 0.3) is 0 Å². The molecule has 1 heterocycles. The van der Waals surface area contributed by atoms with Crippen LogP contribution >= 0.6 is 0 Å². The van der Waals surface area contributed by atoms with Crippen molar-refractivity contribution in [3.63, 3.8) is 0 Å². The highest BCUT2D eigenvalue weighted by atomic mass is 127. The predicted molar refractivity (Wildman–Crippen MR) is 159 cm³/mol. The third kappa shape index (κ3) is 19.1. The number of rotatable bonds is 25. The van der Waals surface area contributed by atoms with Crippen LogP contribution in [0.25, 0.3) is 0 Å². The van der Waals surface area contributed by atoms with E-state index in [4.69, 9.17) is 14.2 Å². The fourth-order valence-corrected chi connectivity index (χ4v) is 5.17. The van der Waals surface area contributed by atoms with Gasteiger partial charge in [0.1, 0.15) is 18.8 Å². The van der Waals surface area contributed by atoms with Crippen molar-refractivity contribution in [2.75, 3.05) is 40.1 Å². The second-order valence-electron chi connectivity index (χ2n) is 11.1. The van der Waals surface area contributed by atoms with Gasteiger partial charge in [0, 0.05) is 25.8 Å². The monoisotopic (exact) mass is 658 g/mol. The first-order valence-electron chi connectivity index (χ1n) is 15.8. The molecule has 39 heavy (non-hydrogen) atoms. The molecule has 1 aliphatic heterocycles. The molecule has 2 atom stereocenters. The van der Waals surface area contributed by atoms with Crippen molar-refractivity contribution in [1.82, 2.24) is 4.90 Å². The quantitative estimate of drug-likeness (QED) is 0.128. The van der Waals surface area contributed by atoms with E-state index < -0.39 is 0 Å². The van der Waals surface area contributed by atoms with Gasteiger partial charge in [-0.25, -0.2) is 0 Å². The van der Waals surface area contributed by atoms with Crippen LogP contribution in [-0.2, 0) is 27.4 Å². The van der Waals surface area contributed by atoms with Crippen molar-refractivity contribution in [2.24, 2.45) is 0 Å². The molecule has 0 saturated carbocycles. The number of nitrogens with zero attached hydrogens (tertiary/aromatic N) is 1. The maximum Gasteiger partial charge on any atom is 0.156 e. The predicted octanol–water partition coefficient (Wildman–Crippen LogP) is 3.87. The lowest BCUT2D eigenvalue weighted by Gasteiger charge is -2.18. The molecule has 2 rings (SSSR count). The van der Waals surface area contributed by atoms with Crippen LogP contribution in [-0.4, -0.2) is 51.1 Å². The Morgan fingerprint density at radius 2 is 1.38 bits per heavy atom. The van der Waals surface area contributed by atoms with Crippen LogP contribution in [0.15, 0.2) is 36.7 Å². The van der Waals surface area contributed by atoms with Gasteiger partial charge in [-0.1, -0.05) is 109 Å². The first-order valence-corrected chi connectivity index (χ1v) is 15.8. The lowest BCUT2D eigenvalue weighted by atomic mass is 10.0. The zero-order chi connectivity index (χ0) is 27.1. The van der Waals surface area contributed by atoms with Crippen molar-refractivity contribution < 1.29 is 43.1 Å². The Kier molecular flexibility index (Phi) is 23.4. The van der Waals surface area contributed by atoms with E-state index in [0.29, 0.717) is 26.4 Å². The Morgan fingerprint density at radius 3 is 1.97 bits per heavy atom. The standard InChI is InChI=1S/C33H58N2O3.HI/c1-4-6-7-8-9-10-11-12-13-14-15-16-17-18-24-36-28-33(38-5-2)29-37-27-32-21-19-20-31(25-32)26-35-23-22-34(3)30-35;/h19-23,25,33H,4-18,24,26-30H2,1-3H3;1H. The molecule has 0 aliphatic carbocycles. The van der Waals surface area contributed by atoms with Crippen molar-refractivity contribution >= 4 is 0 Å². The molecular weight excluding hydrogens is 599 g/mol. The van der Waals surface area contributed by atoms with E-state index in [1.165, 1.54) is 99.5 Å². The summed E-state index contributed by atoms with van der Waals surface area (Å²) >= 11 is 0. The number of benzene rings is 1. The summed E-state index contributed by atoms with van der Waals surface area (Å²) in [5, 5.41) is 0. The second kappa shape index (κ2) is 25.1. The van der Waals surface area contributed by atoms with Gasteiger partial charge in [0.15, 0.2) is 6.67 Å². The topological polar surface area (TPSA) is 35.4 Å². The molecular formula is C33H59IN2O3. The van der Waals surface area contributed by atoms with Crippen LogP contribution in [0.2, 0.25) is 0 Å². The Balaban J connectivity index is 0.00000760. The Bertz CT molecular complexity index is 718. The summed E-state index contributed by atoms with van der Waals surface area (Å²) in [4.78, 5) is 3.68. The number of hydrogen-bond donors (Lipinski definition) is 1. The van der Waals surface area contributed by atoms with Gasteiger partial charge < -0.3 is 43.1 Å². The minimum absolute atomic E-state index is 0. The number of ether oxygens (including phenoxy) is 3. The van der Waals surface area contributed by atoms with E-state index in [2.05, 4.69) is 55.5 Å². The summed E-state index contributed by atoms with van der Waals surface area (Å²) < 4.78 is 17.8. The van der Waals surface area contributed by atoms with Crippen molar-refractivity contribution in [3.05, 3.63) is 47.8 Å². The molecule has 2 unspecified atom stereocenters. The van der Waals surface area contributed by atoms with Gasteiger partial charge >= 0.3 is 0 Å². The summed E-state index contributed by atoms with van der Waals surface area (Å²) in [6.07, 6.45) is 23.7. The van der Waals surface area contributed by atoms with Gasteiger partial charge in [0.05, 0.1) is 26.0 Å². The Morgan fingerprint density at radius 1 is 0.795 bits per heavy atom. The van der Waals surface area contributed by atoms with Crippen molar-refractivity contribution in [3.8, 4) is 0 Å². The molecule has 0 saturated heterocycles. The molecule has 0 aromatic heterocycles. The molecule has 5 nitrogen and oxygen atoms in total. The summed E-state index contributed by atoms with van der Waals surface area (Å²) in [5.74, 6) is 0. The highest BCUT2D eigenvalue weighted by Crippen LogP contribution is 2.13. The van der Waals surface area contributed by atoms with Gasteiger partial charge in [-0.2, -0.15) is 0 Å². The summed E-state index contributed by atoms with van der Waals surface area (Å²) in [6.45, 7) is 9.67. The maximum atomic E-state index is 6.02. The number of halogens is 1. The fourth-order valence-electron chi connectivity index (χ4n) is 5.17. The molecule has 226 valence electrons. The zero-order valence-electron chi connectivity index (χ0n) is 25.4. The third-order valence-corrected chi connectivity index (χ3v) is 7.36. The molecule has 1 N–H and O–H groups in total. The summed E-state index contributed by atoms with van der Waals surface area (Å²) in [6, 6.07) is 8.75. The SMILES string of the molecule is CCCCCCCCCCCCCCCCOCC(COCc1cccc(C[NH+]2C=CN(C)C2)c1)OCC.[I-]. The molecule has 0 fully saturated rings. The van der Waals surface area contributed by atoms with E-state index in [9.17, 15) is 0 Å². The van der Waals surface area contributed by atoms with E-state index in [1.807, 2.05) is 6.92 Å². The number of quaternary nitrogens is 1. The van der Waals surface area contributed by atoms with Crippen LogP contribution in [0.3, 0.4) is 0 Å². The molecule has 1 aliphatic rings. The smallest absolute Gasteiger partial charge is 0.156 e. The maximum absolute atomic E-state index is 6.02. The van der Waals surface area contributed by atoms with Crippen molar-refractivity contribution in [2.45, 2.75) is 123 Å². The molecule has 1 aromatic carbocycles. The largest absolute Gasteiger partial charge is 1.00 e. The van der Waals surface area contributed by atoms with E-state index in [-0.39, 0.29) is 30.1 Å². The van der Waals surface area contributed by atoms with Crippen LogP contribution in [0, 0.1) is 0 Å². The average molecular weight is 659 g/mol. The van der Waals surface area contributed by atoms with Gasteiger partial charge in [-0.15, -0.1) is 0 Å². The number of unbranched alkanes of at least 4 members (excludes halogenated alkanes) is 13. The first-order chi connectivity index (χ1) is 18.7. The highest BCUT2D eigenvalue weighted by molar-refractivity contribution is 5.22. The first kappa shape index (κ1) is 36.4. The molecule has 0 spiro atoms. The second-order valence-corrected chi connectivity index (χ2v) is 11.1. The van der Waals surface area contributed by atoms with Crippen LogP contribution < -0.4 is 28.9 Å². The molecule has 0 radical (unpaired) electrons. The van der Waals surface area contributed by atoms with Gasteiger partial charge in [0.2, 0.25) is 0 Å².